The Morgan fingerprint density at radius 3 is 2.91 bits per heavy atom. The van der Waals surface area contributed by atoms with Gasteiger partial charge in [-0.1, -0.05) is 6.07 Å². The molecule has 0 amide bonds. The summed E-state index contributed by atoms with van der Waals surface area (Å²) in [4.78, 5) is 26.7. The SMILES string of the molecule is CN1CN=CN1Sc1nc(C(=O)c2cccs2)c2sccc2n1. The monoisotopic (exact) mass is 361 g/mol. The summed E-state index contributed by atoms with van der Waals surface area (Å²) in [5, 5.41) is 6.30. The van der Waals surface area contributed by atoms with Gasteiger partial charge in [-0.15, -0.1) is 22.7 Å². The van der Waals surface area contributed by atoms with Crippen LogP contribution in [0.3, 0.4) is 0 Å². The number of hydrogen-bond donors (Lipinski definition) is 0. The topological polar surface area (TPSA) is 61.7 Å². The van der Waals surface area contributed by atoms with E-state index in [0.717, 1.165) is 10.2 Å². The average molecular weight is 361 g/mol. The highest BCUT2D eigenvalue weighted by Crippen LogP contribution is 2.29. The van der Waals surface area contributed by atoms with Gasteiger partial charge in [-0.05, 0) is 22.9 Å². The van der Waals surface area contributed by atoms with E-state index in [9.17, 15) is 4.79 Å². The molecule has 9 heteroatoms. The Morgan fingerprint density at radius 1 is 1.26 bits per heavy atom. The number of ketones is 1. The molecule has 3 aromatic heterocycles. The van der Waals surface area contributed by atoms with Gasteiger partial charge >= 0.3 is 0 Å². The summed E-state index contributed by atoms with van der Waals surface area (Å²) in [7, 11) is 1.93. The third-order valence-corrected chi connectivity index (χ3v) is 5.91. The molecule has 6 nitrogen and oxygen atoms in total. The third-order valence-electron chi connectivity index (χ3n) is 3.22. The second kappa shape index (κ2) is 6.00. The number of carbonyl (C=O) groups is 1. The minimum Gasteiger partial charge on any atom is -0.286 e. The molecule has 0 aromatic carbocycles. The van der Waals surface area contributed by atoms with Gasteiger partial charge in [0.2, 0.25) is 10.9 Å². The first-order chi connectivity index (χ1) is 11.2. The lowest BCUT2D eigenvalue weighted by atomic mass is 10.2. The zero-order valence-corrected chi connectivity index (χ0v) is 14.5. The van der Waals surface area contributed by atoms with Crippen LogP contribution in [0.15, 0.2) is 39.1 Å². The van der Waals surface area contributed by atoms with Gasteiger partial charge in [-0.25, -0.2) is 14.4 Å². The van der Waals surface area contributed by atoms with Crippen LogP contribution >= 0.6 is 34.6 Å². The van der Waals surface area contributed by atoms with E-state index in [1.165, 1.54) is 34.6 Å². The van der Waals surface area contributed by atoms with Crippen molar-refractivity contribution in [2.45, 2.75) is 5.16 Å². The number of hydrogen-bond acceptors (Lipinski definition) is 9. The largest absolute Gasteiger partial charge is 0.286 e. The maximum atomic E-state index is 12.7. The van der Waals surface area contributed by atoms with Gasteiger partial charge in [0.15, 0.2) is 0 Å². The maximum absolute atomic E-state index is 12.7. The third kappa shape index (κ3) is 2.76. The van der Waals surface area contributed by atoms with Crippen LogP contribution in [-0.4, -0.2) is 45.2 Å². The molecule has 0 spiro atoms. The Hall–Kier alpha value is -1.81. The van der Waals surface area contributed by atoms with Crippen LogP contribution in [0.1, 0.15) is 15.4 Å². The van der Waals surface area contributed by atoms with Crippen LogP contribution in [0.4, 0.5) is 0 Å². The van der Waals surface area contributed by atoms with Crippen molar-refractivity contribution in [2.24, 2.45) is 4.99 Å². The van der Waals surface area contributed by atoms with Gasteiger partial charge in [0.05, 0.1) is 15.1 Å². The fourth-order valence-corrected chi connectivity index (χ4v) is 4.34. The molecule has 0 aliphatic carbocycles. The van der Waals surface area contributed by atoms with Crippen LogP contribution in [0.25, 0.3) is 10.2 Å². The minimum absolute atomic E-state index is 0.0554. The molecule has 0 unspecified atom stereocenters. The lowest BCUT2D eigenvalue weighted by molar-refractivity contribution is 0.103. The van der Waals surface area contributed by atoms with Crippen LogP contribution in [0.5, 0.6) is 0 Å². The summed E-state index contributed by atoms with van der Waals surface area (Å²) in [6.45, 7) is 0.606. The van der Waals surface area contributed by atoms with Crippen molar-refractivity contribution in [3.63, 3.8) is 0 Å². The van der Waals surface area contributed by atoms with E-state index in [4.69, 9.17) is 0 Å². The van der Waals surface area contributed by atoms with Gasteiger partial charge in [-0.3, -0.25) is 9.79 Å². The molecule has 0 fully saturated rings. The number of fused-ring (bicyclic) bond motifs is 1. The first kappa shape index (κ1) is 14.8. The Balaban J connectivity index is 1.75. The van der Waals surface area contributed by atoms with Crippen LogP contribution in [-0.2, 0) is 0 Å². The highest BCUT2D eigenvalue weighted by Gasteiger charge is 2.21. The smallest absolute Gasteiger partial charge is 0.222 e. The van der Waals surface area contributed by atoms with Crippen molar-refractivity contribution < 1.29 is 4.79 Å². The summed E-state index contributed by atoms with van der Waals surface area (Å²) in [5.41, 5.74) is 1.26. The van der Waals surface area contributed by atoms with Crippen LogP contribution in [0, 0.1) is 0 Å². The highest BCUT2D eigenvalue weighted by molar-refractivity contribution is 7.97. The summed E-state index contributed by atoms with van der Waals surface area (Å²) in [6, 6.07) is 5.61. The first-order valence-corrected chi connectivity index (χ1v) is 9.27. The average Bonchev–Trinajstić information content (AvgIpc) is 3.28. The van der Waals surface area contributed by atoms with Crippen molar-refractivity contribution >= 4 is 57.0 Å². The molecular formula is C14H11N5OS3. The quantitative estimate of drug-likeness (QED) is 0.404. The molecule has 1 aliphatic heterocycles. The molecule has 0 radical (unpaired) electrons. The summed E-state index contributed by atoms with van der Waals surface area (Å²) >= 11 is 4.26. The molecule has 0 N–H and O–H groups in total. The van der Waals surface area contributed by atoms with Crippen molar-refractivity contribution in [2.75, 3.05) is 13.7 Å². The van der Waals surface area contributed by atoms with Crippen molar-refractivity contribution in [3.05, 3.63) is 39.5 Å². The van der Waals surface area contributed by atoms with Gasteiger partial charge in [0.1, 0.15) is 18.7 Å². The van der Waals surface area contributed by atoms with E-state index in [1.807, 2.05) is 45.4 Å². The fourth-order valence-electron chi connectivity index (χ4n) is 2.11. The number of aromatic nitrogens is 2. The molecule has 0 saturated heterocycles. The normalized spacial score (nSPS) is 14.9. The molecule has 116 valence electrons. The standard InChI is InChI=1S/C14H11N5OS3/c1-18-7-15-8-19(18)23-14-16-9-4-6-22-13(9)11(17-14)12(20)10-3-2-5-21-10/h2-6,8H,7H2,1H3. The van der Waals surface area contributed by atoms with Crippen molar-refractivity contribution in [3.8, 4) is 0 Å². The molecular weight excluding hydrogens is 350 g/mol. The lowest BCUT2D eigenvalue weighted by Crippen LogP contribution is -2.28. The van der Waals surface area contributed by atoms with Crippen LogP contribution < -0.4 is 0 Å². The first-order valence-electron chi connectivity index (χ1n) is 6.74. The molecule has 3 aromatic rings. The van der Waals surface area contributed by atoms with Crippen LogP contribution in [0.2, 0.25) is 0 Å². The molecule has 0 atom stereocenters. The highest BCUT2D eigenvalue weighted by atomic mass is 32.2. The van der Waals surface area contributed by atoms with Gasteiger partial charge in [0, 0.05) is 19.0 Å². The van der Waals surface area contributed by atoms with E-state index in [2.05, 4.69) is 15.0 Å². The number of carbonyl (C=O) groups excluding carboxylic acids is 1. The lowest BCUT2D eigenvalue weighted by Gasteiger charge is -2.20. The predicted octanol–water partition coefficient (Wildman–Crippen LogP) is 3.14. The molecule has 1 aliphatic rings. The van der Waals surface area contributed by atoms with Gasteiger partial charge in [0.25, 0.3) is 0 Å². The summed E-state index contributed by atoms with van der Waals surface area (Å²) < 4.78 is 2.68. The number of hydrazine groups is 1. The Kier molecular flexibility index (Phi) is 3.85. The van der Waals surface area contributed by atoms with E-state index < -0.39 is 0 Å². The Morgan fingerprint density at radius 2 is 2.17 bits per heavy atom. The van der Waals surface area contributed by atoms with E-state index in [-0.39, 0.29) is 5.78 Å². The zero-order valence-electron chi connectivity index (χ0n) is 12.0. The van der Waals surface area contributed by atoms with E-state index >= 15 is 0 Å². The Bertz CT molecular complexity index is 889. The van der Waals surface area contributed by atoms with Crippen molar-refractivity contribution in [1.29, 1.82) is 0 Å². The Labute approximate surface area is 144 Å². The molecule has 4 heterocycles. The maximum Gasteiger partial charge on any atom is 0.222 e. The summed E-state index contributed by atoms with van der Waals surface area (Å²) in [5.74, 6) is -0.0554. The number of aliphatic imine (C=N–C) groups is 1. The summed E-state index contributed by atoms with van der Waals surface area (Å²) in [6.07, 6.45) is 1.73. The van der Waals surface area contributed by atoms with E-state index in [0.29, 0.717) is 22.4 Å². The second-order valence-electron chi connectivity index (χ2n) is 4.79. The minimum atomic E-state index is -0.0554. The fraction of sp³-hybridized carbons (Fsp3) is 0.143. The van der Waals surface area contributed by atoms with Gasteiger partial charge in [-0.2, -0.15) is 5.01 Å². The zero-order chi connectivity index (χ0) is 15.8. The molecule has 23 heavy (non-hydrogen) atoms. The predicted molar refractivity (Wildman–Crippen MR) is 94.0 cm³/mol. The molecule has 0 bridgehead atoms. The number of thiophene rings is 2. The number of rotatable bonds is 4. The molecule has 0 saturated carbocycles. The second-order valence-corrected chi connectivity index (χ2v) is 7.57. The number of nitrogens with zero attached hydrogens (tertiary/aromatic N) is 5. The van der Waals surface area contributed by atoms with E-state index in [1.54, 1.807) is 6.34 Å². The van der Waals surface area contributed by atoms with Crippen molar-refractivity contribution in [1.82, 2.24) is 19.4 Å². The van der Waals surface area contributed by atoms with Gasteiger partial charge < -0.3 is 0 Å². The molecule has 4 rings (SSSR count).